The number of nitrogens with zero attached hydrogens (tertiary/aromatic N) is 3. The molecule has 4 rings (SSSR count). The maximum atomic E-state index is 13.4. The van der Waals surface area contributed by atoms with Gasteiger partial charge in [0.05, 0.1) is 17.8 Å². The Morgan fingerprint density at radius 1 is 1.10 bits per heavy atom. The Bertz CT molecular complexity index is 1150. The van der Waals surface area contributed by atoms with Crippen molar-refractivity contribution < 1.29 is 9.18 Å². The summed E-state index contributed by atoms with van der Waals surface area (Å²) in [5.41, 5.74) is 4.81. The standard InChI is InChI=1S/C22H20FN5O/c1-14-15(2)25-26-22(14)24-20(29)12-17-13-28(19-6-4-3-5-7-19)27-21(17)16-8-10-18(23)11-9-16/h3-11,13H,12H2,1-2H3,(H2,24,25,26,29). The van der Waals surface area contributed by atoms with Gasteiger partial charge in [0.15, 0.2) is 5.82 Å². The summed E-state index contributed by atoms with van der Waals surface area (Å²) in [5.74, 6) is 0.00164. The summed E-state index contributed by atoms with van der Waals surface area (Å²) in [6.45, 7) is 3.79. The van der Waals surface area contributed by atoms with E-state index >= 15 is 0 Å². The summed E-state index contributed by atoms with van der Waals surface area (Å²) in [6, 6.07) is 15.7. The summed E-state index contributed by atoms with van der Waals surface area (Å²) >= 11 is 0. The van der Waals surface area contributed by atoms with Crippen LogP contribution >= 0.6 is 0 Å². The van der Waals surface area contributed by atoms with E-state index in [2.05, 4.69) is 20.6 Å². The minimum atomic E-state index is -0.320. The second-order valence-corrected chi connectivity index (χ2v) is 6.84. The van der Waals surface area contributed by atoms with E-state index in [1.165, 1.54) is 12.1 Å². The predicted octanol–water partition coefficient (Wildman–Crippen LogP) is 4.20. The SMILES string of the molecule is Cc1[nH]nc(NC(=O)Cc2cn(-c3ccccc3)nc2-c2ccc(F)cc2)c1C. The van der Waals surface area contributed by atoms with Crippen LogP contribution in [0.25, 0.3) is 16.9 Å². The summed E-state index contributed by atoms with van der Waals surface area (Å²) in [4.78, 5) is 12.7. The minimum Gasteiger partial charge on any atom is -0.309 e. The van der Waals surface area contributed by atoms with Crippen molar-refractivity contribution in [1.29, 1.82) is 0 Å². The van der Waals surface area contributed by atoms with Gasteiger partial charge in [0.1, 0.15) is 5.82 Å². The quantitative estimate of drug-likeness (QED) is 0.537. The number of aromatic nitrogens is 4. The van der Waals surface area contributed by atoms with E-state index in [1.807, 2.05) is 50.4 Å². The first-order valence-electron chi connectivity index (χ1n) is 9.22. The number of aryl methyl sites for hydroxylation is 1. The number of anilines is 1. The fraction of sp³-hybridized carbons (Fsp3) is 0.136. The molecule has 2 N–H and O–H groups in total. The third-order valence-electron chi connectivity index (χ3n) is 4.79. The molecule has 2 aromatic carbocycles. The monoisotopic (exact) mass is 389 g/mol. The molecule has 7 heteroatoms. The number of amides is 1. The molecule has 0 aliphatic carbocycles. The molecule has 0 atom stereocenters. The molecule has 29 heavy (non-hydrogen) atoms. The topological polar surface area (TPSA) is 75.6 Å². The highest BCUT2D eigenvalue weighted by molar-refractivity contribution is 5.93. The zero-order valence-electron chi connectivity index (χ0n) is 16.1. The molecule has 2 heterocycles. The van der Waals surface area contributed by atoms with Crippen LogP contribution in [0.5, 0.6) is 0 Å². The van der Waals surface area contributed by atoms with Gasteiger partial charge in [-0.1, -0.05) is 18.2 Å². The molecule has 4 aromatic rings. The number of hydrogen-bond donors (Lipinski definition) is 2. The van der Waals surface area contributed by atoms with E-state index in [4.69, 9.17) is 0 Å². The van der Waals surface area contributed by atoms with E-state index in [9.17, 15) is 9.18 Å². The Morgan fingerprint density at radius 3 is 2.48 bits per heavy atom. The van der Waals surface area contributed by atoms with Crippen molar-refractivity contribution in [3.8, 4) is 16.9 Å². The molecule has 0 fully saturated rings. The number of rotatable bonds is 5. The maximum Gasteiger partial charge on any atom is 0.230 e. The molecular weight excluding hydrogens is 369 g/mol. The van der Waals surface area contributed by atoms with Crippen LogP contribution in [0.15, 0.2) is 60.8 Å². The van der Waals surface area contributed by atoms with E-state index in [1.54, 1.807) is 16.8 Å². The van der Waals surface area contributed by atoms with Crippen LogP contribution < -0.4 is 5.32 Å². The number of benzene rings is 2. The van der Waals surface area contributed by atoms with Gasteiger partial charge in [-0.25, -0.2) is 9.07 Å². The van der Waals surface area contributed by atoms with Crippen molar-refractivity contribution in [3.05, 3.63) is 83.4 Å². The van der Waals surface area contributed by atoms with Crippen molar-refractivity contribution in [3.63, 3.8) is 0 Å². The molecule has 146 valence electrons. The molecule has 1 amide bonds. The van der Waals surface area contributed by atoms with Crippen LogP contribution in [-0.4, -0.2) is 25.9 Å². The van der Waals surface area contributed by atoms with Gasteiger partial charge in [-0.05, 0) is 50.2 Å². The number of para-hydroxylation sites is 1. The highest BCUT2D eigenvalue weighted by Crippen LogP contribution is 2.25. The summed E-state index contributed by atoms with van der Waals surface area (Å²) in [5, 5.41) is 14.5. The molecule has 0 aliphatic heterocycles. The zero-order chi connectivity index (χ0) is 20.4. The molecule has 0 saturated heterocycles. The van der Waals surface area contributed by atoms with Crippen molar-refractivity contribution in [2.75, 3.05) is 5.32 Å². The number of aromatic amines is 1. The fourth-order valence-corrected chi connectivity index (χ4v) is 3.06. The van der Waals surface area contributed by atoms with Crippen LogP contribution in [-0.2, 0) is 11.2 Å². The molecule has 0 unspecified atom stereocenters. The van der Waals surface area contributed by atoms with Gasteiger partial charge in [-0.3, -0.25) is 9.89 Å². The second-order valence-electron chi connectivity index (χ2n) is 6.84. The Balaban J connectivity index is 1.67. The van der Waals surface area contributed by atoms with Crippen LogP contribution in [0.1, 0.15) is 16.8 Å². The molecular formula is C22H20FN5O. The van der Waals surface area contributed by atoms with E-state index < -0.39 is 0 Å². The van der Waals surface area contributed by atoms with Gasteiger partial charge in [-0.2, -0.15) is 10.2 Å². The van der Waals surface area contributed by atoms with Gasteiger partial charge in [0, 0.05) is 28.6 Å². The highest BCUT2D eigenvalue weighted by atomic mass is 19.1. The average molecular weight is 389 g/mol. The smallest absolute Gasteiger partial charge is 0.230 e. The number of H-pyrrole nitrogens is 1. The molecule has 0 saturated carbocycles. The van der Waals surface area contributed by atoms with Gasteiger partial charge in [-0.15, -0.1) is 0 Å². The Kier molecular flexibility index (Phi) is 4.95. The third-order valence-corrected chi connectivity index (χ3v) is 4.79. The third kappa shape index (κ3) is 3.94. The highest BCUT2D eigenvalue weighted by Gasteiger charge is 2.17. The molecule has 2 aromatic heterocycles. The van der Waals surface area contributed by atoms with Crippen molar-refractivity contribution >= 4 is 11.7 Å². The molecule has 0 aliphatic rings. The fourth-order valence-electron chi connectivity index (χ4n) is 3.06. The van der Waals surface area contributed by atoms with Crippen LogP contribution in [0, 0.1) is 19.7 Å². The van der Waals surface area contributed by atoms with Gasteiger partial charge in [0.25, 0.3) is 0 Å². The summed E-state index contributed by atoms with van der Waals surface area (Å²) in [6.07, 6.45) is 1.95. The molecule has 0 radical (unpaired) electrons. The Labute approximate surface area is 167 Å². The lowest BCUT2D eigenvalue weighted by Gasteiger charge is -2.04. The molecule has 0 bridgehead atoms. The van der Waals surface area contributed by atoms with E-state index in [-0.39, 0.29) is 18.1 Å². The van der Waals surface area contributed by atoms with Crippen molar-refractivity contribution in [2.45, 2.75) is 20.3 Å². The molecule has 0 spiro atoms. The Morgan fingerprint density at radius 2 is 1.83 bits per heavy atom. The van der Waals surface area contributed by atoms with Gasteiger partial charge >= 0.3 is 0 Å². The van der Waals surface area contributed by atoms with Crippen molar-refractivity contribution in [2.24, 2.45) is 0 Å². The lowest BCUT2D eigenvalue weighted by molar-refractivity contribution is -0.115. The lowest BCUT2D eigenvalue weighted by Crippen LogP contribution is -2.15. The summed E-state index contributed by atoms with van der Waals surface area (Å²) in [7, 11) is 0. The maximum absolute atomic E-state index is 13.4. The second kappa shape index (κ2) is 7.71. The number of carbonyl (C=O) groups excluding carboxylic acids is 1. The Hall–Kier alpha value is -3.74. The van der Waals surface area contributed by atoms with Gasteiger partial charge < -0.3 is 5.32 Å². The number of carbonyl (C=O) groups is 1. The van der Waals surface area contributed by atoms with Crippen LogP contribution in [0.3, 0.4) is 0 Å². The van der Waals surface area contributed by atoms with Gasteiger partial charge in [0.2, 0.25) is 5.91 Å². The minimum absolute atomic E-state index is 0.116. The van der Waals surface area contributed by atoms with Crippen molar-refractivity contribution in [1.82, 2.24) is 20.0 Å². The first kappa shape index (κ1) is 18.6. The van der Waals surface area contributed by atoms with Crippen LogP contribution in [0.4, 0.5) is 10.2 Å². The predicted molar refractivity (Wildman–Crippen MR) is 109 cm³/mol. The first-order valence-corrected chi connectivity index (χ1v) is 9.22. The lowest BCUT2D eigenvalue weighted by atomic mass is 10.1. The summed E-state index contributed by atoms with van der Waals surface area (Å²) < 4.78 is 15.1. The molecule has 6 nitrogen and oxygen atoms in total. The number of nitrogens with one attached hydrogen (secondary N) is 2. The van der Waals surface area contributed by atoms with E-state index in [0.717, 1.165) is 28.1 Å². The van der Waals surface area contributed by atoms with E-state index in [0.29, 0.717) is 11.5 Å². The average Bonchev–Trinajstić information content (AvgIpc) is 3.28. The zero-order valence-corrected chi connectivity index (χ0v) is 16.1. The first-order chi connectivity index (χ1) is 14.0. The number of hydrogen-bond acceptors (Lipinski definition) is 3. The normalized spacial score (nSPS) is 10.9. The van der Waals surface area contributed by atoms with Crippen LogP contribution in [0.2, 0.25) is 0 Å². The number of halogens is 1. The largest absolute Gasteiger partial charge is 0.309 e.